The van der Waals surface area contributed by atoms with Crippen molar-refractivity contribution in [2.45, 2.75) is 32.8 Å². The number of aliphatic carboxylic acids is 1. The summed E-state index contributed by atoms with van der Waals surface area (Å²) in [6, 6.07) is 0. The van der Waals surface area contributed by atoms with Gasteiger partial charge in [-0.1, -0.05) is 6.08 Å². The first-order valence-electron chi connectivity index (χ1n) is 4.27. The lowest BCUT2D eigenvalue weighted by atomic mass is 10.2. The smallest absolute Gasteiger partial charge is 0.311 e. The summed E-state index contributed by atoms with van der Waals surface area (Å²) in [4.78, 5) is 21.2. The monoisotopic (exact) mass is 201 g/mol. The molecule has 0 radical (unpaired) electrons. The minimum absolute atomic E-state index is 0.0640. The zero-order valence-corrected chi connectivity index (χ0v) is 8.32. The minimum atomic E-state index is -0.981. The molecule has 0 unspecified atom stereocenters. The Hall–Kier alpha value is -1.52. The first-order valence-corrected chi connectivity index (χ1v) is 4.27. The van der Waals surface area contributed by atoms with Gasteiger partial charge < -0.3 is 15.6 Å². The quantitative estimate of drug-likeness (QED) is 0.637. The van der Waals surface area contributed by atoms with Crippen molar-refractivity contribution < 1.29 is 19.4 Å². The van der Waals surface area contributed by atoms with Crippen LogP contribution < -0.4 is 5.73 Å². The van der Waals surface area contributed by atoms with Gasteiger partial charge in [-0.3, -0.25) is 9.59 Å². The lowest BCUT2D eigenvalue weighted by Crippen LogP contribution is -2.14. The highest BCUT2D eigenvalue weighted by Gasteiger charge is 2.06. The first-order chi connectivity index (χ1) is 6.41. The molecule has 0 aliphatic rings. The number of carbonyl (C=O) groups excluding carboxylic acids is 1. The molecule has 0 amide bonds. The molecule has 14 heavy (non-hydrogen) atoms. The van der Waals surface area contributed by atoms with Gasteiger partial charge >= 0.3 is 11.9 Å². The van der Waals surface area contributed by atoms with Crippen LogP contribution in [0.5, 0.6) is 0 Å². The maximum Gasteiger partial charge on any atom is 0.311 e. The fourth-order valence-electron chi connectivity index (χ4n) is 0.762. The zero-order valence-electron chi connectivity index (χ0n) is 8.32. The topological polar surface area (TPSA) is 89.6 Å². The van der Waals surface area contributed by atoms with Crippen molar-refractivity contribution in [2.75, 3.05) is 0 Å². The molecule has 0 spiro atoms. The van der Waals surface area contributed by atoms with Crippen LogP contribution >= 0.6 is 0 Å². The van der Waals surface area contributed by atoms with E-state index in [2.05, 4.69) is 0 Å². The van der Waals surface area contributed by atoms with E-state index in [1.54, 1.807) is 13.8 Å². The molecule has 0 aromatic rings. The normalized spacial score (nSPS) is 11.5. The Morgan fingerprint density at radius 3 is 2.50 bits per heavy atom. The molecule has 0 aliphatic heterocycles. The number of hydrogen-bond donors (Lipinski definition) is 2. The van der Waals surface area contributed by atoms with Crippen LogP contribution in [0.25, 0.3) is 0 Å². The maximum absolute atomic E-state index is 11.0. The average molecular weight is 201 g/mol. The second kappa shape index (κ2) is 6.01. The van der Waals surface area contributed by atoms with E-state index < -0.39 is 11.9 Å². The van der Waals surface area contributed by atoms with E-state index in [0.717, 1.165) is 0 Å². The molecule has 80 valence electrons. The van der Waals surface area contributed by atoms with Gasteiger partial charge in [0.1, 0.15) is 0 Å². The van der Waals surface area contributed by atoms with Gasteiger partial charge in [-0.2, -0.15) is 0 Å². The summed E-state index contributed by atoms with van der Waals surface area (Å²) >= 11 is 0. The highest BCUT2D eigenvalue weighted by atomic mass is 16.5. The van der Waals surface area contributed by atoms with Gasteiger partial charge in [0.15, 0.2) is 0 Å². The van der Waals surface area contributed by atoms with Crippen LogP contribution in [0.2, 0.25) is 0 Å². The summed E-state index contributed by atoms with van der Waals surface area (Å²) in [7, 11) is 0. The third-order valence-corrected chi connectivity index (χ3v) is 1.25. The Morgan fingerprint density at radius 1 is 1.50 bits per heavy atom. The van der Waals surface area contributed by atoms with Gasteiger partial charge in [0.05, 0.1) is 18.9 Å². The number of ether oxygens (including phenoxy) is 1. The highest BCUT2D eigenvalue weighted by molar-refractivity contribution is 5.73. The van der Waals surface area contributed by atoms with Crippen LogP contribution in [0.15, 0.2) is 11.8 Å². The van der Waals surface area contributed by atoms with E-state index in [-0.39, 0.29) is 24.6 Å². The number of rotatable bonds is 5. The second-order valence-electron chi connectivity index (χ2n) is 3.09. The van der Waals surface area contributed by atoms with E-state index in [1.165, 1.54) is 6.08 Å². The molecule has 0 aromatic carbocycles. The first kappa shape index (κ1) is 12.5. The summed E-state index contributed by atoms with van der Waals surface area (Å²) in [6.07, 6.45) is 0.866. The summed E-state index contributed by atoms with van der Waals surface area (Å²) in [6.45, 7) is 3.46. The van der Waals surface area contributed by atoms with Crippen LogP contribution in [0.1, 0.15) is 26.7 Å². The van der Waals surface area contributed by atoms with E-state index in [4.69, 9.17) is 15.6 Å². The number of hydrogen-bond acceptors (Lipinski definition) is 4. The standard InChI is InChI=1S/C9H15NO4/c1-6(2)14-9(13)5-7(10)3-4-8(11)12/h3,6H,4-5,10H2,1-2H3,(H,11,12). The number of carbonyl (C=O) groups is 2. The fraction of sp³-hybridized carbons (Fsp3) is 0.556. The number of esters is 1. The van der Waals surface area contributed by atoms with Crippen LogP contribution in [0.3, 0.4) is 0 Å². The SMILES string of the molecule is CC(C)OC(=O)CC(N)=CCC(=O)O. The molecule has 0 saturated carbocycles. The van der Waals surface area contributed by atoms with Crippen molar-refractivity contribution in [2.24, 2.45) is 5.73 Å². The molecule has 5 heteroatoms. The van der Waals surface area contributed by atoms with Crippen molar-refractivity contribution >= 4 is 11.9 Å². The predicted octanol–water partition coefficient (Wildman–Crippen LogP) is 0.645. The molecular weight excluding hydrogens is 186 g/mol. The minimum Gasteiger partial charge on any atom is -0.481 e. The maximum atomic E-state index is 11.0. The second-order valence-corrected chi connectivity index (χ2v) is 3.09. The van der Waals surface area contributed by atoms with Gasteiger partial charge in [0, 0.05) is 5.70 Å². The van der Waals surface area contributed by atoms with Crippen molar-refractivity contribution in [3.05, 3.63) is 11.8 Å². The van der Waals surface area contributed by atoms with Crippen LogP contribution in [0, 0.1) is 0 Å². The summed E-state index contributed by atoms with van der Waals surface area (Å²) in [5.41, 5.74) is 5.62. The number of nitrogens with two attached hydrogens (primary N) is 1. The summed E-state index contributed by atoms with van der Waals surface area (Å²) < 4.78 is 4.82. The van der Waals surface area contributed by atoms with Crippen molar-refractivity contribution in [3.8, 4) is 0 Å². The molecular formula is C9H15NO4. The van der Waals surface area contributed by atoms with Gasteiger partial charge in [-0.05, 0) is 13.8 Å². The molecule has 0 aromatic heterocycles. The zero-order chi connectivity index (χ0) is 11.1. The largest absolute Gasteiger partial charge is 0.481 e. The van der Waals surface area contributed by atoms with E-state index in [9.17, 15) is 9.59 Å². The number of carboxylic acid groups (broad SMARTS) is 1. The van der Waals surface area contributed by atoms with Gasteiger partial charge in [0.2, 0.25) is 0 Å². The van der Waals surface area contributed by atoms with E-state index in [0.29, 0.717) is 0 Å². The molecule has 0 bridgehead atoms. The Balaban J connectivity index is 3.92. The Bertz CT molecular complexity index is 245. The van der Waals surface area contributed by atoms with Crippen LogP contribution in [-0.4, -0.2) is 23.1 Å². The van der Waals surface area contributed by atoms with Crippen LogP contribution in [-0.2, 0) is 14.3 Å². The average Bonchev–Trinajstić information content (AvgIpc) is 1.98. The molecule has 5 nitrogen and oxygen atoms in total. The highest BCUT2D eigenvalue weighted by Crippen LogP contribution is 2.00. The molecule has 0 rings (SSSR count). The molecule has 0 saturated heterocycles. The molecule has 0 heterocycles. The van der Waals surface area contributed by atoms with Gasteiger partial charge in [-0.25, -0.2) is 0 Å². The van der Waals surface area contributed by atoms with Gasteiger partial charge in [-0.15, -0.1) is 0 Å². The summed E-state index contributed by atoms with van der Waals surface area (Å²) in [5, 5.41) is 8.33. The van der Waals surface area contributed by atoms with Crippen molar-refractivity contribution in [3.63, 3.8) is 0 Å². The Kier molecular flexibility index (Phi) is 5.36. The third kappa shape index (κ3) is 7.15. The Morgan fingerprint density at radius 2 is 2.07 bits per heavy atom. The predicted molar refractivity (Wildman–Crippen MR) is 50.4 cm³/mol. The summed E-state index contributed by atoms with van der Waals surface area (Å²) in [5.74, 6) is -1.43. The lowest BCUT2D eigenvalue weighted by molar-refractivity contribution is -0.146. The third-order valence-electron chi connectivity index (χ3n) is 1.25. The Labute approximate surface area is 82.5 Å². The molecule has 0 fully saturated rings. The lowest BCUT2D eigenvalue weighted by Gasteiger charge is -2.07. The van der Waals surface area contributed by atoms with E-state index in [1.807, 2.05) is 0 Å². The van der Waals surface area contributed by atoms with Crippen molar-refractivity contribution in [1.82, 2.24) is 0 Å². The number of carboxylic acids is 1. The molecule has 3 N–H and O–H groups in total. The van der Waals surface area contributed by atoms with Crippen LogP contribution in [0.4, 0.5) is 0 Å². The van der Waals surface area contributed by atoms with Gasteiger partial charge in [0.25, 0.3) is 0 Å². The molecule has 0 atom stereocenters. The van der Waals surface area contributed by atoms with Crippen molar-refractivity contribution in [1.29, 1.82) is 0 Å². The van der Waals surface area contributed by atoms with E-state index >= 15 is 0 Å². The fourth-order valence-corrected chi connectivity index (χ4v) is 0.762. The molecule has 0 aliphatic carbocycles.